The van der Waals surface area contributed by atoms with Crippen LogP contribution in [0.1, 0.15) is 30.9 Å². The molecule has 2 aliphatic heterocycles. The summed E-state index contributed by atoms with van der Waals surface area (Å²) in [7, 11) is -0.0364. The molecular weight excluding hydrogens is 330 g/mol. The SMILES string of the molecule is CCS(=O)(=O)N1Cc2cc(OC)c(OC)cc2C2(CCOCC2)C1. The number of fused-ring (bicyclic) bond motifs is 2. The Bertz CT molecular complexity index is 710. The van der Waals surface area contributed by atoms with Crippen LogP contribution < -0.4 is 9.47 Å². The summed E-state index contributed by atoms with van der Waals surface area (Å²) in [5.41, 5.74) is 1.96. The van der Waals surface area contributed by atoms with Crippen LogP contribution in [0.15, 0.2) is 12.1 Å². The highest BCUT2D eigenvalue weighted by molar-refractivity contribution is 7.89. The number of ether oxygens (including phenoxy) is 3. The van der Waals surface area contributed by atoms with Crippen LogP contribution >= 0.6 is 0 Å². The van der Waals surface area contributed by atoms with E-state index in [1.165, 1.54) is 5.56 Å². The third kappa shape index (κ3) is 2.89. The van der Waals surface area contributed by atoms with Crippen LogP contribution in [0.3, 0.4) is 0 Å². The number of sulfonamides is 1. The van der Waals surface area contributed by atoms with Crippen LogP contribution in [0, 0.1) is 0 Å². The van der Waals surface area contributed by atoms with E-state index in [-0.39, 0.29) is 11.2 Å². The summed E-state index contributed by atoms with van der Waals surface area (Å²) in [5, 5.41) is 0. The summed E-state index contributed by atoms with van der Waals surface area (Å²) in [6.07, 6.45) is 1.62. The van der Waals surface area contributed by atoms with Crippen molar-refractivity contribution in [2.75, 3.05) is 39.7 Å². The molecule has 0 amide bonds. The first-order valence-electron chi connectivity index (χ1n) is 8.27. The highest BCUT2D eigenvalue weighted by atomic mass is 32.2. The van der Waals surface area contributed by atoms with Gasteiger partial charge in [0.1, 0.15) is 0 Å². The maximum absolute atomic E-state index is 12.5. The van der Waals surface area contributed by atoms with E-state index in [0.29, 0.717) is 37.8 Å². The molecule has 6 nitrogen and oxygen atoms in total. The van der Waals surface area contributed by atoms with Crippen LogP contribution in [0.5, 0.6) is 11.5 Å². The predicted octanol–water partition coefficient (Wildman–Crippen LogP) is 1.92. The fourth-order valence-electron chi connectivity index (χ4n) is 3.78. The van der Waals surface area contributed by atoms with E-state index >= 15 is 0 Å². The lowest BCUT2D eigenvalue weighted by Gasteiger charge is -2.46. The zero-order valence-corrected chi connectivity index (χ0v) is 15.3. The molecule has 2 aliphatic rings. The molecule has 1 fully saturated rings. The van der Waals surface area contributed by atoms with Gasteiger partial charge in [0.05, 0.1) is 20.0 Å². The van der Waals surface area contributed by atoms with Crippen molar-refractivity contribution in [2.45, 2.75) is 31.7 Å². The van der Waals surface area contributed by atoms with Gasteiger partial charge in [-0.05, 0) is 43.0 Å². The van der Waals surface area contributed by atoms with Crippen molar-refractivity contribution in [3.8, 4) is 11.5 Å². The second-order valence-electron chi connectivity index (χ2n) is 6.43. The number of benzene rings is 1. The summed E-state index contributed by atoms with van der Waals surface area (Å²) in [6.45, 7) is 3.88. The van der Waals surface area contributed by atoms with Crippen molar-refractivity contribution < 1.29 is 22.6 Å². The number of rotatable bonds is 4. The van der Waals surface area contributed by atoms with Gasteiger partial charge in [0.2, 0.25) is 10.0 Å². The number of nitrogens with zero attached hydrogens (tertiary/aromatic N) is 1. The Morgan fingerprint density at radius 2 is 1.79 bits per heavy atom. The lowest BCUT2D eigenvalue weighted by Crippen LogP contribution is -2.50. The molecule has 0 radical (unpaired) electrons. The van der Waals surface area contributed by atoms with Gasteiger partial charge in [-0.15, -0.1) is 0 Å². The smallest absolute Gasteiger partial charge is 0.214 e. The molecule has 0 aliphatic carbocycles. The molecule has 1 saturated heterocycles. The fraction of sp³-hybridized carbons (Fsp3) is 0.647. The van der Waals surface area contributed by atoms with E-state index in [0.717, 1.165) is 18.4 Å². The van der Waals surface area contributed by atoms with Crippen molar-refractivity contribution in [1.29, 1.82) is 0 Å². The summed E-state index contributed by atoms with van der Waals surface area (Å²) >= 11 is 0. The summed E-state index contributed by atoms with van der Waals surface area (Å²) in [5.74, 6) is 1.44. The minimum absolute atomic E-state index is 0.113. The van der Waals surface area contributed by atoms with Crippen LogP contribution in [-0.4, -0.2) is 52.5 Å². The summed E-state index contributed by atoms with van der Waals surface area (Å²) in [4.78, 5) is 0. The van der Waals surface area contributed by atoms with Gasteiger partial charge in [-0.2, -0.15) is 4.31 Å². The molecule has 0 aromatic heterocycles. The minimum atomic E-state index is -3.25. The zero-order chi connectivity index (χ0) is 17.4. The minimum Gasteiger partial charge on any atom is -0.493 e. The summed E-state index contributed by atoms with van der Waals surface area (Å²) < 4.78 is 43.0. The first-order chi connectivity index (χ1) is 11.5. The average molecular weight is 355 g/mol. The van der Waals surface area contributed by atoms with E-state index in [9.17, 15) is 8.42 Å². The number of methoxy groups -OCH3 is 2. The number of hydrogen-bond acceptors (Lipinski definition) is 5. The molecule has 0 unspecified atom stereocenters. The van der Waals surface area contributed by atoms with E-state index < -0.39 is 10.0 Å². The van der Waals surface area contributed by atoms with Gasteiger partial charge in [0.15, 0.2) is 11.5 Å². The quantitative estimate of drug-likeness (QED) is 0.826. The third-order valence-corrected chi connectivity index (χ3v) is 6.99. The van der Waals surface area contributed by atoms with Crippen LogP contribution in [0.25, 0.3) is 0 Å². The molecule has 0 N–H and O–H groups in total. The van der Waals surface area contributed by atoms with Gasteiger partial charge in [-0.25, -0.2) is 8.42 Å². The molecule has 7 heteroatoms. The van der Waals surface area contributed by atoms with E-state index in [1.54, 1.807) is 25.4 Å². The molecule has 134 valence electrons. The van der Waals surface area contributed by atoms with Crippen molar-refractivity contribution in [3.05, 3.63) is 23.3 Å². The molecule has 0 saturated carbocycles. The van der Waals surface area contributed by atoms with Crippen LogP contribution in [0.4, 0.5) is 0 Å². The second kappa shape index (κ2) is 6.54. The van der Waals surface area contributed by atoms with Crippen molar-refractivity contribution >= 4 is 10.0 Å². The molecule has 1 spiro atoms. The maximum Gasteiger partial charge on any atom is 0.214 e. The topological polar surface area (TPSA) is 65.1 Å². The Morgan fingerprint density at radius 1 is 1.17 bits per heavy atom. The Morgan fingerprint density at radius 3 is 2.38 bits per heavy atom. The fourth-order valence-corrected chi connectivity index (χ4v) is 4.93. The van der Waals surface area contributed by atoms with Crippen molar-refractivity contribution in [1.82, 2.24) is 4.31 Å². The van der Waals surface area contributed by atoms with Gasteiger partial charge in [-0.1, -0.05) is 0 Å². The average Bonchev–Trinajstić information content (AvgIpc) is 2.61. The Kier molecular flexibility index (Phi) is 4.77. The molecule has 0 bridgehead atoms. The van der Waals surface area contributed by atoms with Crippen LogP contribution in [0.2, 0.25) is 0 Å². The van der Waals surface area contributed by atoms with Gasteiger partial charge in [-0.3, -0.25) is 0 Å². The largest absolute Gasteiger partial charge is 0.493 e. The van der Waals surface area contributed by atoms with Gasteiger partial charge in [0, 0.05) is 31.7 Å². The molecule has 0 atom stereocenters. The molecule has 24 heavy (non-hydrogen) atoms. The number of hydrogen-bond donors (Lipinski definition) is 0. The Labute approximate surface area is 143 Å². The Balaban J connectivity index is 2.13. The van der Waals surface area contributed by atoms with Gasteiger partial charge < -0.3 is 14.2 Å². The summed E-state index contributed by atoms with van der Waals surface area (Å²) in [6, 6.07) is 3.94. The monoisotopic (exact) mass is 355 g/mol. The van der Waals surface area contributed by atoms with Crippen molar-refractivity contribution in [3.63, 3.8) is 0 Å². The lowest BCUT2D eigenvalue weighted by atomic mass is 9.70. The highest BCUT2D eigenvalue weighted by Gasteiger charge is 2.44. The van der Waals surface area contributed by atoms with E-state index in [4.69, 9.17) is 14.2 Å². The van der Waals surface area contributed by atoms with Crippen LogP contribution in [-0.2, 0) is 26.7 Å². The van der Waals surface area contributed by atoms with E-state index in [2.05, 4.69) is 0 Å². The lowest BCUT2D eigenvalue weighted by molar-refractivity contribution is 0.0378. The van der Waals surface area contributed by atoms with Gasteiger partial charge >= 0.3 is 0 Å². The Hall–Kier alpha value is -1.31. The maximum atomic E-state index is 12.5. The van der Waals surface area contributed by atoms with Crippen molar-refractivity contribution in [2.24, 2.45) is 0 Å². The first-order valence-corrected chi connectivity index (χ1v) is 9.87. The second-order valence-corrected chi connectivity index (χ2v) is 8.68. The molecular formula is C17H25NO5S. The normalized spacial score (nSPS) is 20.6. The predicted molar refractivity (Wildman–Crippen MR) is 91.1 cm³/mol. The van der Waals surface area contributed by atoms with E-state index in [1.807, 2.05) is 12.1 Å². The highest BCUT2D eigenvalue weighted by Crippen LogP contribution is 2.45. The van der Waals surface area contributed by atoms with Gasteiger partial charge in [0.25, 0.3) is 0 Å². The molecule has 1 aromatic rings. The molecule has 1 aromatic carbocycles. The molecule has 3 rings (SSSR count). The molecule has 2 heterocycles. The zero-order valence-electron chi connectivity index (χ0n) is 14.5. The first kappa shape index (κ1) is 17.5. The third-order valence-electron chi connectivity index (χ3n) is 5.21. The standard InChI is InChI=1S/C17H25NO5S/c1-4-24(19,20)18-11-13-9-15(21-2)16(22-3)10-14(13)17(12-18)5-7-23-8-6-17/h9-10H,4-8,11-12H2,1-3H3.